The van der Waals surface area contributed by atoms with Gasteiger partial charge in [-0.2, -0.15) is 0 Å². The first-order chi connectivity index (χ1) is 35.5. The van der Waals surface area contributed by atoms with Crippen LogP contribution in [-0.4, -0.2) is 142 Å². The van der Waals surface area contributed by atoms with Gasteiger partial charge in [-0.05, 0) is 38.5 Å². The molecule has 0 aromatic heterocycles. The minimum Gasteiger partial charge on any atom is -0.462 e. The minimum atomic E-state index is -1.77. The fourth-order valence-electron chi connectivity index (χ4n) is 9.39. The van der Waals surface area contributed by atoms with E-state index in [1.54, 1.807) is 0 Å². The van der Waals surface area contributed by atoms with Crippen molar-refractivity contribution in [1.82, 2.24) is 0 Å². The highest BCUT2D eigenvalue weighted by molar-refractivity contribution is 5.70. The Balaban J connectivity index is 1.74. The molecule has 11 atom stereocenters. The van der Waals surface area contributed by atoms with E-state index in [4.69, 9.17) is 28.4 Å². The van der Waals surface area contributed by atoms with Gasteiger partial charge in [-0.15, -0.1) is 0 Å². The summed E-state index contributed by atoms with van der Waals surface area (Å²) in [7, 11) is 0. The first kappa shape index (κ1) is 67.1. The Morgan fingerprint density at radius 2 is 0.808 bits per heavy atom. The summed E-state index contributed by atoms with van der Waals surface area (Å²) in [6.07, 6.45) is 32.0. The minimum absolute atomic E-state index is 0.167. The van der Waals surface area contributed by atoms with Crippen LogP contribution in [0.15, 0.2) is 24.3 Å². The molecule has 2 fully saturated rings. The molecule has 15 nitrogen and oxygen atoms in total. The molecule has 2 heterocycles. The molecule has 0 radical (unpaired) electrons. The van der Waals surface area contributed by atoms with Gasteiger partial charge in [0, 0.05) is 12.8 Å². The fraction of sp³-hybridized carbons (Fsp3) is 0.897. The lowest BCUT2D eigenvalue weighted by atomic mass is 9.98. The van der Waals surface area contributed by atoms with E-state index in [1.807, 2.05) is 0 Å². The van der Waals surface area contributed by atoms with Crippen molar-refractivity contribution in [3.63, 3.8) is 0 Å². The Labute approximate surface area is 441 Å². The van der Waals surface area contributed by atoms with Crippen LogP contribution in [0.1, 0.15) is 239 Å². The maximum absolute atomic E-state index is 13.1. The van der Waals surface area contributed by atoms with E-state index in [1.165, 1.54) is 141 Å². The van der Waals surface area contributed by atoms with Gasteiger partial charge >= 0.3 is 11.9 Å². The average Bonchev–Trinajstić information content (AvgIpc) is 3.38. The largest absolute Gasteiger partial charge is 0.462 e. The monoisotopic (exact) mass is 1040 g/mol. The lowest BCUT2D eigenvalue weighted by molar-refractivity contribution is -0.332. The number of ether oxygens (including phenoxy) is 6. The molecule has 0 spiro atoms. The number of unbranched alkanes of at least 4 members (excludes halogenated alkanes) is 30. The molecule has 0 bridgehead atoms. The number of esters is 2. The number of rotatable bonds is 47. The number of aliphatic hydroxyl groups is 7. The molecule has 2 rings (SSSR count). The van der Waals surface area contributed by atoms with E-state index < -0.39 is 92.7 Å². The molecule has 0 aromatic carbocycles. The van der Waals surface area contributed by atoms with Crippen molar-refractivity contribution in [1.29, 1.82) is 0 Å². The van der Waals surface area contributed by atoms with Gasteiger partial charge in [0.2, 0.25) is 0 Å². The third-order valence-electron chi connectivity index (χ3n) is 14.2. The Bertz CT molecular complexity index is 1360. The van der Waals surface area contributed by atoms with Crippen LogP contribution in [0.25, 0.3) is 0 Å². The molecule has 0 amide bonds. The Hall–Kier alpha value is -2.02. The van der Waals surface area contributed by atoms with Crippen LogP contribution >= 0.6 is 0 Å². The summed E-state index contributed by atoms with van der Waals surface area (Å²) in [6, 6.07) is 0. The van der Waals surface area contributed by atoms with Crippen molar-refractivity contribution in [2.45, 2.75) is 306 Å². The summed E-state index contributed by atoms with van der Waals surface area (Å²) in [5.74, 6) is -0.930. The molecule has 428 valence electrons. The summed E-state index contributed by atoms with van der Waals surface area (Å²) in [6.45, 7) is 2.60. The topological polar surface area (TPSA) is 231 Å². The zero-order valence-electron chi connectivity index (χ0n) is 45.6. The van der Waals surface area contributed by atoms with Crippen molar-refractivity contribution < 1.29 is 73.8 Å². The summed E-state index contributed by atoms with van der Waals surface area (Å²) >= 11 is 0. The van der Waals surface area contributed by atoms with Crippen LogP contribution in [0, 0.1) is 0 Å². The van der Waals surface area contributed by atoms with Gasteiger partial charge in [0.25, 0.3) is 0 Å². The summed E-state index contributed by atoms with van der Waals surface area (Å²) in [4.78, 5) is 25.9. The van der Waals surface area contributed by atoms with Gasteiger partial charge in [0.05, 0.1) is 19.8 Å². The normalized spacial score (nSPS) is 24.9. The van der Waals surface area contributed by atoms with Crippen molar-refractivity contribution in [2.75, 3.05) is 26.4 Å². The number of aliphatic hydroxyl groups excluding tert-OH is 7. The van der Waals surface area contributed by atoms with Crippen molar-refractivity contribution >= 4 is 11.9 Å². The highest BCUT2D eigenvalue weighted by atomic mass is 16.7. The number of allylic oxidation sites excluding steroid dienone is 4. The van der Waals surface area contributed by atoms with Crippen molar-refractivity contribution in [2.24, 2.45) is 0 Å². The third kappa shape index (κ3) is 32.4. The first-order valence-corrected chi connectivity index (χ1v) is 29.4. The molecular weight excluding hydrogens is 937 g/mol. The van der Waals surface area contributed by atoms with Crippen LogP contribution in [0.4, 0.5) is 0 Å². The Morgan fingerprint density at radius 3 is 1.26 bits per heavy atom. The van der Waals surface area contributed by atoms with Crippen LogP contribution in [-0.2, 0) is 38.0 Å². The van der Waals surface area contributed by atoms with E-state index in [2.05, 4.69) is 38.2 Å². The van der Waals surface area contributed by atoms with Crippen molar-refractivity contribution in [3.05, 3.63) is 24.3 Å². The van der Waals surface area contributed by atoms with E-state index in [9.17, 15) is 45.3 Å². The molecule has 2 aliphatic heterocycles. The van der Waals surface area contributed by atoms with Gasteiger partial charge < -0.3 is 64.2 Å². The molecule has 0 aliphatic carbocycles. The molecule has 2 aliphatic rings. The summed E-state index contributed by atoms with van der Waals surface area (Å²) in [5, 5.41) is 72.3. The second-order valence-electron chi connectivity index (χ2n) is 20.9. The average molecular weight is 1040 g/mol. The predicted molar refractivity (Wildman–Crippen MR) is 284 cm³/mol. The summed E-state index contributed by atoms with van der Waals surface area (Å²) < 4.78 is 33.7. The summed E-state index contributed by atoms with van der Waals surface area (Å²) in [5.41, 5.74) is 0. The fourth-order valence-corrected chi connectivity index (χ4v) is 9.39. The van der Waals surface area contributed by atoms with Crippen LogP contribution < -0.4 is 0 Å². The lowest BCUT2D eigenvalue weighted by Gasteiger charge is -2.42. The number of hydrogen-bond donors (Lipinski definition) is 7. The smallest absolute Gasteiger partial charge is 0.306 e. The second-order valence-corrected chi connectivity index (χ2v) is 20.9. The molecule has 7 N–H and O–H groups in total. The van der Waals surface area contributed by atoms with Crippen LogP contribution in [0.3, 0.4) is 0 Å². The van der Waals surface area contributed by atoms with E-state index >= 15 is 0 Å². The number of hydrogen-bond acceptors (Lipinski definition) is 15. The van der Waals surface area contributed by atoms with E-state index in [0.29, 0.717) is 12.8 Å². The molecule has 15 heteroatoms. The Morgan fingerprint density at radius 1 is 0.438 bits per heavy atom. The predicted octanol–water partition coefficient (Wildman–Crippen LogP) is 9.89. The Kier molecular flexibility index (Phi) is 41.4. The van der Waals surface area contributed by atoms with Crippen LogP contribution in [0.2, 0.25) is 0 Å². The molecule has 73 heavy (non-hydrogen) atoms. The quantitative estimate of drug-likeness (QED) is 0.0171. The van der Waals surface area contributed by atoms with Gasteiger partial charge in [0.15, 0.2) is 18.7 Å². The second kappa shape index (κ2) is 45.0. The zero-order chi connectivity index (χ0) is 53.2. The van der Waals surface area contributed by atoms with Crippen molar-refractivity contribution in [3.8, 4) is 0 Å². The lowest BCUT2D eigenvalue weighted by Crippen LogP contribution is -2.61. The van der Waals surface area contributed by atoms with E-state index in [0.717, 1.165) is 57.8 Å². The SMILES string of the molecule is CCCCCC/C=C/C=C/CCCCCCCC(=O)OC[C@H](CO[C@H]1O[C@@H](CO[C@H]2O[C@@H](CO)[C@@H](O)C(O)C2O)[C@@H](O)C(O)C1O)OC(=O)CCCCCCCCCCCCCCCCCCCCCCCC. The van der Waals surface area contributed by atoms with E-state index in [-0.39, 0.29) is 26.1 Å². The van der Waals surface area contributed by atoms with Gasteiger partial charge in [-0.25, -0.2) is 0 Å². The third-order valence-corrected chi connectivity index (χ3v) is 14.2. The molecule has 0 saturated carbocycles. The van der Waals surface area contributed by atoms with Gasteiger partial charge in [-0.1, -0.05) is 212 Å². The zero-order valence-corrected chi connectivity index (χ0v) is 45.6. The first-order valence-electron chi connectivity index (χ1n) is 29.4. The molecule has 2 saturated heterocycles. The maximum atomic E-state index is 13.1. The highest BCUT2D eigenvalue weighted by Crippen LogP contribution is 2.27. The number of carbonyl (C=O) groups excluding carboxylic acids is 2. The number of carbonyl (C=O) groups is 2. The highest BCUT2D eigenvalue weighted by Gasteiger charge is 2.47. The van der Waals surface area contributed by atoms with Gasteiger partial charge in [0.1, 0.15) is 55.4 Å². The van der Waals surface area contributed by atoms with Crippen LogP contribution in [0.5, 0.6) is 0 Å². The standard InChI is InChI=1S/C58H106O15/c1-3-5-7-9-11-13-15-17-19-20-21-22-23-24-25-27-29-31-33-35-37-39-41-50(61)71-46(43-68-49(60)40-38-36-34-32-30-28-26-18-16-14-12-10-8-6-4-2)44-69-57-56(67)54(65)52(63)48(73-57)45-70-58-55(66)53(64)51(62)47(42-59)72-58/h14,16,18,26,46-48,51-59,62-67H,3-13,15,17,19-25,27-45H2,1-2H3/b16-14+,26-18+/t46-,47+,48+,51-,52-,53?,54?,55?,56?,57+,58+/m1/s1. The molecule has 4 unspecified atom stereocenters. The molecular formula is C58H106O15. The van der Waals surface area contributed by atoms with Gasteiger partial charge in [-0.3, -0.25) is 9.59 Å². The molecule has 0 aromatic rings. The maximum Gasteiger partial charge on any atom is 0.306 e.